The SMILES string of the molecule is NCCCC[C@H](N[C@@H](CCc1ccccc1)C(=O)O)C(=O)N1CCC[C@H]1C(=O)NCCCC[C@H](N[C@@H](CCc1ccccc1)C(=O)O)C(=O)N1CCC[C@H]1C(=O)O. The molecule has 0 aromatic heterocycles. The molecule has 15 nitrogen and oxygen atoms in total. The second-order valence-corrected chi connectivity index (χ2v) is 15.1. The van der Waals surface area contributed by atoms with E-state index in [1.165, 1.54) is 4.90 Å². The average Bonchev–Trinajstić information content (AvgIpc) is 3.91. The van der Waals surface area contributed by atoms with Crippen LogP contribution in [0.2, 0.25) is 0 Å². The molecular formula is C42H60N6O9. The number of nitrogens with zero attached hydrogens (tertiary/aromatic N) is 2. The van der Waals surface area contributed by atoms with Crippen LogP contribution in [0.15, 0.2) is 60.7 Å². The van der Waals surface area contributed by atoms with E-state index in [1.54, 1.807) is 4.90 Å². The largest absolute Gasteiger partial charge is 0.480 e. The Bertz CT molecular complexity index is 1610. The maximum absolute atomic E-state index is 14.0. The van der Waals surface area contributed by atoms with E-state index in [1.807, 2.05) is 60.7 Å². The fourth-order valence-corrected chi connectivity index (χ4v) is 7.80. The fraction of sp³-hybridized carbons (Fsp3) is 0.571. The van der Waals surface area contributed by atoms with Crippen LogP contribution in [0.5, 0.6) is 0 Å². The summed E-state index contributed by atoms with van der Waals surface area (Å²) in [4.78, 5) is 80.6. The zero-order valence-electron chi connectivity index (χ0n) is 32.7. The van der Waals surface area contributed by atoms with Crippen molar-refractivity contribution in [3.8, 4) is 0 Å². The van der Waals surface area contributed by atoms with Gasteiger partial charge in [0.15, 0.2) is 0 Å². The third kappa shape index (κ3) is 13.9. The van der Waals surface area contributed by atoms with Crippen LogP contribution in [0.25, 0.3) is 0 Å². The molecule has 2 aliphatic heterocycles. The number of carboxylic acid groups (broad SMARTS) is 3. The molecule has 8 N–H and O–H groups in total. The third-order valence-electron chi connectivity index (χ3n) is 11.0. The summed E-state index contributed by atoms with van der Waals surface area (Å²) in [6.07, 6.45) is 6.22. The Morgan fingerprint density at radius 2 is 1.07 bits per heavy atom. The van der Waals surface area contributed by atoms with Crippen molar-refractivity contribution >= 4 is 35.6 Å². The van der Waals surface area contributed by atoms with Gasteiger partial charge in [0, 0.05) is 19.6 Å². The molecule has 2 aromatic rings. The van der Waals surface area contributed by atoms with Gasteiger partial charge < -0.3 is 36.2 Å². The monoisotopic (exact) mass is 792 g/mol. The lowest BCUT2D eigenvalue weighted by Gasteiger charge is -2.30. The first-order valence-electron chi connectivity index (χ1n) is 20.4. The number of carbonyl (C=O) groups excluding carboxylic acids is 3. The van der Waals surface area contributed by atoms with E-state index in [9.17, 15) is 44.1 Å². The molecule has 57 heavy (non-hydrogen) atoms. The highest BCUT2D eigenvalue weighted by Crippen LogP contribution is 2.22. The highest BCUT2D eigenvalue weighted by atomic mass is 16.4. The van der Waals surface area contributed by atoms with Crippen LogP contribution in [-0.4, -0.2) is 123 Å². The van der Waals surface area contributed by atoms with Crippen molar-refractivity contribution < 1.29 is 44.1 Å². The zero-order chi connectivity index (χ0) is 41.2. The molecule has 0 unspecified atom stereocenters. The number of carbonyl (C=O) groups is 6. The van der Waals surface area contributed by atoms with Crippen LogP contribution in [0, 0.1) is 0 Å². The Morgan fingerprint density at radius 1 is 0.614 bits per heavy atom. The lowest BCUT2D eigenvalue weighted by Crippen LogP contribution is -2.55. The topological polar surface area (TPSA) is 232 Å². The number of unbranched alkanes of at least 4 members (excludes halogenated alkanes) is 2. The lowest BCUT2D eigenvalue weighted by molar-refractivity contribution is -0.149. The van der Waals surface area contributed by atoms with Gasteiger partial charge in [-0.15, -0.1) is 0 Å². The van der Waals surface area contributed by atoms with E-state index in [0.717, 1.165) is 11.1 Å². The van der Waals surface area contributed by atoms with Crippen molar-refractivity contribution in [2.75, 3.05) is 26.2 Å². The highest BCUT2D eigenvalue weighted by molar-refractivity contribution is 5.91. The molecule has 0 bridgehead atoms. The second-order valence-electron chi connectivity index (χ2n) is 15.1. The van der Waals surface area contributed by atoms with Gasteiger partial charge in [0.05, 0.1) is 12.1 Å². The molecule has 3 amide bonds. The molecule has 0 spiro atoms. The Hall–Kier alpha value is -4.86. The standard InChI is InChI=1S/C42H60N6O9/c43-25-9-7-17-31(45-33(40(52)53)23-21-29-13-3-1-4-14-29)38(50)47-27-11-19-35(47)37(49)44-26-10-8-18-32(39(51)48-28-12-20-36(48)42(56)57)46-34(41(54)55)24-22-30-15-5-2-6-16-30/h1-6,13-16,31-36,45-46H,7-12,17-28,43H2,(H,44,49)(H,52,53)(H,54,55)(H,56,57)/t31-,32-,33-,34-,35-,36-/m0/s1. The van der Waals surface area contributed by atoms with Gasteiger partial charge in [-0.05, 0) is 101 Å². The van der Waals surface area contributed by atoms with Gasteiger partial charge in [-0.2, -0.15) is 0 Å². The Labute approximate surface area is 334 Å². The van der Waals surface area contributed by atoms with Crippen LogP contribution >= 0.6 is 0 Å². The van der Waals surface area contributed by atoms with E-state index < -0.39 is 60.1 Å². The zero-order valence-corrected chi connectivity index (χ0v) is 32.7. The van der Waals surface area contributed by atoms with Gasteiger partial charge in [0.2, 0.25) is 17.7 Å². The van der Waals surface area contributed by atoms with Gasteiger partial charge >= 0.3 is 17.9 Å². The molecule has 0 aliphatic carbocycles. The number of rotatable bonds is 25. The molecular weight excluding hydrogens is 732 g/mol. The van der Waals surface area contributed by atoms with E-state index in [2.05, 4.69) is 16.0 Å². The number of hydrogen-bond acceptors (Lipinski definition) is 9. The molecule has 2 aromatic carbocycles. The maximum atomic E-state index is 14.0. The molecule has 15 heteroatoms. The molecule has 2 heterocycles. The summed E-state index contributed by atoms with van der Waals surface area (Å²) in [5.74, 6) is -4.34. The van der Waals surface area contributed by atoms with E-state index in [0.29, 0.717) is 83.7 Å². The molecule has 2 aliphatic rings. The van der Waals surface area contributed by atoms with Crippen LogP contribution in [0.3, 0.4) is 0 Å². The number of likely N-dealkylation sites (tertiary alicyclic amines) is 2. The minimum atomic E-state index is -1.11. The van der Waals surface area contributed by atoms with E-state index in [-0.39, 0.29) is 44.2 Å². The summed E-state index contributed by atoms with van der Waals surface area (Å²) in [5.41, 5.74) is 7.67. The molecule has 4 rings (SSSR count). The quantitative estimate of drug-likeness (QED) is 0.0720. The summed E-state index contributed by atoms with van der Waals surface area (Å²) in [6.45, 7) is 1.32. The van der Waals surface area contributed by atoms with Gasteiger partial charge in [-0.3, -0.25) is 34.6 Å². The van der Waals surface area contributed by atoms with Crippen molar-refractivity contribution in [2.24, 2.45) is 5.73 Å². The van der Waals surface area contributed by atoms with E-state index >= 15 is 0 Å². The number of nitrogens with two attached hydrogens (primary N) is 1. The maximum Gasteiger partial charge on any atom is 0.326 e. The van der Waals surface area contributed by atoms with Crippen LogP contribution in [0.4, 0.5) is 0 Å². The molecule has 2 saturated heterocycles. The smallest absolute Gasteiger partial charge is 0.326 e. The predicted octanol–water partition coefficient (Wildman–Crippen LogP) is 2.56. The number of aliphatic carboxylic acids is 3. The first-order chi connectivity index (χ1) is 27.5. The lowest BCUT2D eigenvalue weighted by atomic mass is 10.0. The van der Waals surface area contributed by atoms with Crippen molar-refractivity contribution in [1.82, 2.24) is 25.8 Å². The summed E-state index contributed by atoms with van der Waals surface area (Å²) < 4.78 is 0. The molecule has 6 atom stereocenters. The summed E-state index contributed by atoms with van der Waals surface area (Å²) in [5, 5.41) is 38.9. The minimum Gasteiger partial charge on any atom is -0.480 e. The Morgan fingerprint density at radius 3 is 1.53 bits per heavy atom. The summed E-state index contributed by atoms with van der Waals surface area (Å²) >= 11 is 0. The van der Waals surface area contributed by atoms with E-state index in [4.69, 9.17) is 5.73 Å². The number of aryl methyl sites for hydroxylation is 2. The highest BCUT2D eigenvalue weighted by Gasteiger charge is 2.39. The normalized spacial score (nSPS) is 18.8. The molecule has 0 radical (unpaired) electrons. The Balaban J connectivity index is 1.34. The Kier molecular flexibility index (Phi) is 18.4. The molecule has 0 saturated carbocycles. The van der Waals surface area contributed by atoms with Crippen molar-refractivity contribution in [3.05, 3.63) is 71.8 Å². The molecule has 312 valence electrons. The first-order valence-corrected chi connectivity index (χ1v) is 20.4. The van der Waals surface area contributed by atoms with Crippen LogP contribution < -0.4 is 21.7 Å². The molecule has 2 fully saturated rings. The minimum absolute atomic E-state index is 0.228. The number of nitrogens with one attached hydrogen (secondary N) is 3. The third-order valence-corrected chi connectivity index (χ3v) is 11.0. The number of amides is 3. The first kappa shape index (κ1) is 44.8. The van der Waals surface area contributed by atoms with Gasteiger partial charge in [0.25, 0.3) is 0 Å². The average molecular weight is 793 g/mol. The van der Waals surface area contributed by atoms with Gasteiger partial charge in [-0.25, -0.2) is 4.79 Å². The summed E-state index contributed by atoms with van der Waals surface area (Å²) in [6, 6.07) is 13.5. The summed E-state index contributed by atoms with van der Waals surface area (Å²) in [7, 11) is 0. The van der Waals surface area contributed by atoms with Crippen molar-refractivity contribution in [2.45, 2.75) is 126 Å². The van der Waals surface area contributed by atoms with Gasteiger partial charge in [0.1, 0.15) is 24.2 Å². The van der Waals surface area contributed by atoms with Crippen LogP contribution in [-0.2, 0) is 41.6 Å². The van der Waals surface area contributed by atoms with Crippen molar-refractivity contribution in [1.29, 1.82) is 0 Å². The number of carboxylic acids is 3. The van der Waals surface area contributed by atoms with Gasteiger partial charge in [-0.1, -0.05) is 67.1 Å². The number of benzene rings is 2. The number of hydrogen-bond donors (Lipinski definition) is 7. The second kappa shape index (κ2) is 23.4. The van der Waals surface area contributed by atoms with Crippen molar-refractivity contribution in [3.63, 3.8) is 0 Å². The van der Waals surface area contributed by atoms with Crippen LogP contribution in [0.1, 0.15) is 88.2 Å². The predicted molar refractivity (Wildman–Crippen MR) is 213 cm³/mol. The fourth-order valence-electron chi connectivity index (χ4n) is 7.80.